The number of cyclic esters (lactones) is 1. The molecule has 3 saturated carbocycles. The highest BCUT2D eigenvalue weighted by Crippen LogP contribution is 2.48. The van der Waals surface area contributed by atoms with Crippen molar-refractivity contribution in [2.45, 2.75) is 68.4 Å². The fraction of sp³-hybridized carbons (Fsp3) is 0.636. The van der Waals surface area contributed by atoms with Crippen LogP contribution < -0.4 is 5.32 Å². The first-order chi connectivity index (χ1) is 12.9. The zero-order valence-electron chi connectivity index (χ0n) is 16.2. The number of rotatable bonds is 4. The molecule has 0 radical (unpaired) electrons. The molecule has 0 bridgehead atoms. The lowest BCUT2D eigenvalue weighted by atomic mass is 9.67. The second-order valence-electron chi connectivity index (χ2n) is 9.54. The molecule has 27 heavy (non-hydrogen) atoms. The van der Waals surface area contributed by atoms with Crippen LogP contribution >= 0.6 is 0 Å². The number of hydrogen-bond donors (Lipinski definition) is 1. The number of ether oxygens (including phenoxy) is 1. The summed E-state index contributed by atoms with van der Waals surface area (Å²) in [5.41, 5.74) is 3.03. The van der Waals surface area contributed by atoms with Gasteiger partial charge in [0.25, 0.3) is 0 Å². The molecule has 2 amide bonds. The summed E-state index contributed by atoms with van der Waals surface area (Å²) >= 11 is 0. The topological polar surface area (TPSA) is 58.6 Å². The van der Waals surface area contributed by atoms with Crippen LogP contribution in [-0.2, 0) is 14.9 Å². The second-order valence-corrected chi connectivity index (χ2v) is 9.54. The molecule has 1 aromatic carbocycles. The zero-order chi connectivity index (χ0) is 18.8. The van der Waals surface area contributed by atoms with Gasteiger partial charge in [-0.05, 0) is 61.0 Å². The maximum atomic E-state index is 12.8. The molecule has 5 nitrogen and oxygen atoms in total. The molecule has 1 heterocycles. The highest BCUT2D eigenvalue weighted by atomic mass is 16.6. The van der Waals surface area contributed by atoms with E-state index in [-0.39, 0.29) is 23.5 Å². The first-order valence-electron chi connectivity index (χ1n) is 10.2. The molecule has 144 valence electrons. The van der Waals surface area contributed by atoms with Crippen LogP contribution in [0.4, 0.5) is 4.79 Å². The van der Waals surface area contributed by atoms with Gasteiger partial charge in [0, 0.05) is 19.0 Å². The number of benzene rings is 1. The van der Waals surface area contributed by atoms with E-state index < -0.39 is 0 Å². The molecule has 0 atom stereocenters. The lowest BCUT2D eigenvalue weighted by Crippen LogP contribution is -2.59. The van der Waals surface area contributed by atoms with E-state index in [0.717, 1.165) is 12.8 Å². The summed E-state index contributed by atoms with van der Waals surface area (Å²) in [6.45, 7) is 2.75. The molecule has 1 aliphatic heterocycles. The predicted octanol–water partition coefficient (Wildman–Crippen LogP) is 3.33. The van der Waals surface area contributed by atoms with Crippen LogP contribution in [0.3, 0.4) is 0 Å². The number of carbonyl (C=O) groups excluding carboxylic acids is 2. The van der Waals surface area contributed by atoms with Crippen molar-refractivity contribution in [3.05, 3.63) is 35.4 Å². The van der Waals surface area contributed by atoms with E-state index in [0.29, 0.717) is 36.8 Å². The molecule has 1 spiro atoms. The maximum Gasteiger partial charge on any atom is 0.407 e. The van der Waals surface area contributed by atoms with E-state index in [1.54, 1.807) is 0 Å². The Morgan fingerprint density at radius 3 is 2.41 bits per heavy atom. The molecule has 1 N–H and O–H groups in total. The van der Waals surface area contributed by atoms with Crippen LogP contribution in [0.5, 0.6) is 0 Å². The van der Waals surface area contributed by atoms with Crippen molar-refractivity contribution in [2.75, 3.05) is 13.7 Å². The first kappa shape index (κ1) is 17.1. The van der Waals surface area contributed by atoms with Gasteiger partial charge < -0.3 is 15.0 Å². The van der Waals surface area contributed by atoms with Gasteiger partial charge in [0.05, 0.1) is 5.54 Å². The van der Waals surface area contributed by atoms with Gasteiger partial charge in [-0.15, -0.1) is 0 Å². The molecule has 3 aliphatic carbocycles. The minimum atomic E-state index is -0.349. The van der Waals surface area contributed by atoms with Crippen molar-refractivity contribution in [3.63, 3.8) is 0 Å². The van der Waals surface area contributed by atoms with Crippen molar-refractivity contribution in [3.8, 4) is 0 Å². The highest BCUT2D eigenvalue weighted by Gasteiger charge is 2.53. The van der Waals surface area contributed by atoms with Gasteiger partial charge in [-0.1, -0.05) is 31.2 Å². The highest BCUT2D eigenvalue weighted by molar-refractivity contribution is 5.81. The summed E-state index contributed by atoms with van der Waals surface area (Å²) in [4.78, 5) is 26.0. The van der Waals surface area contributed by atoms with E-state index in [2.05, 4.69) is 36.5 Å². The van der Waals surface area contributed by atoms with Gasteiger partial charge in [0.2, 0.25) is 5.91 Å². The smallest absolute Gasteiger partial charge is 0.407 e. The van der Waals surface area contributed by atoms with E-state index >= 15 is 0 Å². The quantitative estimate of drug-likeness (QED) is 0.887. The Balaban J connectivity index is 1.13. The van der Waals surface area contributed by atoms with Crippen LogP contribution in [0.1, 0.15) is 62.5 Å². The van der Waals surface area contributed by atoms with Crippen LogP contribution in [0, 0.1) is 5.92 Å². The third-order valence-electron chi connectivity index (χ3n) is 7.56. The SMILES string of the molecule is CN(C(=O)C1CC2(COC(=O)N2)C1)C1CC(c2ccc(C3(C)CC3)cc2)C1. The van der Waals surface area contributed by atoms with Gasteiger partial charge >= 0.3 is 6.09 Å². The number of nitrogens with one attached hydrogen (secondary N) is 1. The number of carbonyl (C=O) groups is 2. The summed E-state index contributed by atoms with van der Waals surface area (Å²) < 4.78 is 5.00. The number of alkyl carbamates (subject to hydrolysis) is 1. The first-order valence-corrected chi connectivity index (χ1v) is 10.2. The van der Waals surface area contributed by atoms with Crippen molar-refractivity contribution in [2.24, 2.45) is 5.92 Å². The van der Waals surface area contributed by atoms with Crippen LogP contribution in [0.25, 0.3) is 0 Å². The largest absolute Gasteiger partial charge is 0.447 e. The lowest BCUT2D eigenvalue weighted by molar-refractivity contribution is -0.143. The number of nitrogens with zero attached hydrogens (tertiary/aromatic N) is 1. The molecular weight excluding hydrogens is 340 g/mol. The van der Waals surface area contributed by atoms with E-state index in [9.17, 15) is 9.59 Å². The van der Waals surface area contributed by atoms with Crippen LogP contribution in [-0.4, -0.2) is 42.1 Å². The van der Waals surface area contributed by atoms with Crippen molar-refractivity contribution in [1.29, 1.82) is 0 Å². The Morgan fingerprint density at radius 2 is 1.85 bits per heavy atom. The van der Waals surface area contributed by atoms with Gasteiger partial charge in [-0.2, -0.15) is 0 Å². The normalized spacial score (nSPS) is 35.6. The summed E-state index contributed by atoms with van der Waals surface area (Å²) in [7, 11) is 1.94. The molecule has 5 heteroatoms. The van der Waals surface area contributed by atoms with Crippen LogP contribution in [0.2, 0.25) is 0 Å². The molecule has 4 aliphatic rings. The monoisotopic (exact) mass is 368 g/mol. The molecule has 0 unspecified atom stereocenters. The minimum absolute atomic E-state index is 0.0228. The van der Waals surface area contributed by atoms with Crippen molar-refractivity contribution in [1.82, 2.24) is 10.2 Å². The van der Waals surface area contributed by atoms with Gasteiger partial charge in [-0.25, -0.2) is 4.79 Å². The summed E-state index contributed by atoms with van der Waals surface area (Å²) in [6, 6.07) is 9.53. The third-order valence-corrected chi connectivity index (χ3v) is 7.56. The van der Waals surface area contributed by atoms with Crippen molar-refractivity contribution < 1.29 is 14.3 Å². The van der Waals surface area contributed by atoms with Crippen molar-refractivity contribution >= 4 is 12.0 Å². The minimum Gasteiger partial charge on any atom is -0.447 e. The molecule has 4 fully saturated rings. The average molecular weight is 368 g/mol. The Hall–Kier alpha value is -2.04. The Bertz CT molecular complexity index is 771. The number of hydrogen-bond acceptors (Lipinski definition) is 3. The van der Waals surface area contributed by atoms with E-state index in [1.165, 1.54) is 24.0 Å². The Morgan fingerprint density at radius 1 is 1.19 bits per heavy atom. The second kappa shape index (κ2) is 5.73. The molecule has 1 saturated heterocycles. The van der Waals surface area contributed by atoms with Gasteiger partial charge in [-0.3, -0.25) is 4.79 Å². The molecular formula is C22H28N2O3. The zero-order valence-corrected chi connectivity index (χ0v) is 16.2. The Kier molecular flexibility index (Phi) is 3.62. The average Bonchev–Trinajstić information content (AvgIpc) is 3.21. The standard InChI is InChI=1S/C22H28N2O3/c1-21(7-8-21)17-5-3-14(4-6-17)15-9-18(10-15)24(2)19(25)16-11-22(12-16)13-27-20(26)23-22/h3-6,15-16,18H,7-13H2,1-2H3,(H,23,26). The summed E-state index contributed by atoms with van der Waals surface area (Å²) in [5.74, 6) is 0.818. The maximum absolute atomic E-state index is 12.8. The molecule has 5 rings (SSSR count). The lowest BCUT2D eigenvalue weighted by Gasteiger charge is -2.47. The Labute approximate surface area is 160 Å². The molecule has 1 aromatic rings. The fourth-order valence-corrected chi connectivity index (χ4v) is 5.05. The third kappa shape index (κ3) is 2.82. The van der Waals surface area contributed by atoms with E-state index in [1.807, 2.05) is 11.9 Å². The number of amides is 2. The van der Waals surface area contributed by atoms with Gasteiger partial charge in [0.15, 0.2) is 0 Å². The fourth-order valence-electron chi connectivity index (χ4n) is 5.05. The van der Waals surface area contributed by atoms with Gasteiger partial charge in [0.1, 0.15) is 6.61 Å². The molecule has 0 aromatic heterocycles. The summed E-state index contributed by atoms with van der Waals surface area (Å²) in [5, 5.41) is 2.86. The van der Waals surface area contributed by atoms with Crippen LogP contribution in [0.15, 0.2) is 24.3 Å². The summed E-state index contributed by atoms with van der Waals surface area (Å²) in [6.07, 6.45) is 5.79. The van der Waals surface area contributed by atoms with E-state index in [4.69, 9.17) is 4.74 Å². The predicted molar refractivity (Wildman–Crippen MR) is 101 cm³/mol.